The zero-order chi connectivity index (χ0) is 19.0. The van der Waals surface area contributed by atoms with Gasteiger partial charge in [0.1, 0.15) is 10.7 Å². The fourth-order valence-electron chi connectivity index (χ4n) is 2.92. The van der Waals surface area contributed by atoms with Crippen molar-refractivity contribution in [3.8, 4) is 11.1 Å². The molecule has 0 aliphatic carbocycles. The molecular formula is C20H11ClN2O4. The van der Waals surface area contributed by atoms with Crippen LogP contribution >= 0.6 is 11.6 Å². The van der Waals surface area contributed by atoms with Crippen LogP contribution < -0.4 is 0 Å². The molecule has 6 nitrogen and oxygen atoms in total. The van der Waals surface area contributed by atoms with Crippen LogP contribution in [0.15, 0.2) is 71.5 Å². The molecule has 0 aliphatic heterocycles. The number of rotatable bonds is 4. The van der Waals surface area contributed by atoms with Crippen molar-refractivity contribution in [3.05, 3.63) is 93.5 Å². The second-order valence-electron chi connectivity index (χ2n) is 5.87. The first kappa shape index (κ1) is 16.9. The number of benzene rings is 2. The summed E-state index contributed by atoms with van der Waals surface area (Å²) >= 11 is 5.89. The van der Waals surface area contributed by atoms with Crippen molar-refractivity contribution >= 4 is 34.0 Å². The number of furan rings is 1. The van der Waals surface area contributed by atoms with Crippen molar-refractivity contribution in [2.75, 3.05) is 0 Å². The lowest BCUT2D eigenvalue weighted by Gasteiger charge is -2.07. The number of fused-ring (bicyclic) bond motifs is 1. The lowest BCUT2D eigenvalue weighted by atomic mass is 9.96. The Morgan fingerprint density at radius 3 is 2.70 bits per heavy atom. The van der Waals surface area contributed by atoms with E-state index in [1.165, 1.54) is 30.7 Å². The average Bonchev–Trinajstić information content (AvgIpc) is 3.15. The predicted molar refractivity (Wildman–Crippen MR) is 101 cm³/mol. The molecule has 0 fully saturated rings. The Bertz CT molecular complexity index is 1200. The number of ketones is 1. The number of non-ortho nitro benzene ring substituents is 1. The molecule has 0 aliphatic rings. The Morgan fingerprint density at radius 1 is 1.07 bits per heavy atom. The number of nitro benzene ring substituents is 1. The van der Waals surface area contributed by atoms with E-state index in [1.807, 2.05) is 0 Å². The molecule has 0 saturated carbocycles. The van der Waals surface area contributed by atoms with Crippen LogP contribution in [0.5, 0.6) is 0 Å². The van der Waals surface area contributed by atoms with E-state index in [1.54, 1.807) is 36.4 Å². The highest BCUT2D eigenvalue weighted by atomic mass is 35.5. The quantitative estimate of drug-likeness (QED) is 0.208. The lowest BCUT2D eigenvalue weighted by Crippen LogP contribution is -2.02. The Labute approximate surface area is 158 Å². The fourth-order valence-corrected chi connectivity index (χ4v) is 3.10. The SMILES string of the molecule is O=C(c1ccnc(Cl)c1)c1cc(-c2cccc([N+](=O)[O-])c2)c2occc2c1. The summed E-state index contributed by atoms with van der Waals surface area (Å²) < 4.78 is 5.55. The third kappa shape index (κ3) is 3.18. The van der Waals surface area contributed by atoms with E-state index >= 15 is 0 Å². The molecule has 0 amide bonds. The third-order valence-electron chi connectivity index (χ3n) is 4.17. The van der Waals surface area contributed by atoms with E-state index < -0.39 is 4.92 Å². The lowest BCUT2D eigenvalue weighted by molar-refractivity contribution is -0.384. The van der Waals surface area contributed by atoms with Gasteiger partial charge in [0.15, 0.2) is 5.78 Å². The van der Waals surface area contributed by atoms with Crippen LogP contribution in [0.25, 0.3) is 22.1 Å². The van der Waals surface area contributed by atoms with Gasteiger partial charge in [0.2, 0.25) is 0 Å². The van der Waals surface area contributed by atoms with E-state index in [2.05, 4.69) is 4.98 Å². The highest BCUT2D eigenvalue weighted by Crippen LogP contribution is 2.33. The zero-order valence-corrected chi connectivity index (χ0v) is 14.5. The summed E-state index contributed by atoms with van der Waals surface area (Å²) in [6.45, 7) is 0. The largest absolute Gasteiger partial charge is 0.464 e. The molecule has 0 atom stereocenters. The smallest absolute Gasteiger partial charge is 0.270 e. The molecular weight excluding hydrogens is 368 g/mol. The minimum absolute atomic E-state index is 0.0372. The number of pyridine rings is 1. The molecule has 4 aromatic rings. The topological polar surface area (TPSA) is 86.2 Å². The molecule has 0 spiro atoms. The molecule has 0 N–H and O–H groups in total. The normalized spacial score (nSPS) is 10.9. The van der Waals surface area contributed by atoms with Crippen molar-refractivity contribution in [3.63, 3.8) is 0 Å². The van der Waals surface area contributed by atoms with Crippen LogP contribution in [0.4, 0.5) is 5.69 Å². The molecule has 0 radical (unpaired) electrons. The van der Waals surface area contributed by atoms with E-state index in [0.717, 1.165) is 5.39 Å². The monoisotopic (exact) mass is 378 g/mol. The summed E-state index contributed by atoms with van der Waals surface area (Å²) in [6, 6.07) is 14.4. The number of nitro groups is 1. The van der Waals surface area contributed by atoms with Crippen LogP contribution in [0.2, 0.25) is 5.15 Å². The molecule has 2 aromatic heterocycles. The van der Waals surface area contributed by atoms with Gasteiger partial charge in [-0.05, 0) is 35.9 Å². The number of hydrogen-bond acceptors (Lipinski definition) is 5. The van der Waals surface area contributed by atoms with Crippen molar-refractivity contribution < 1.29 is 14.1 Å². The average molecular weight is 379 g/mol. The van der Waals surface area contributed by atoms with Gasteiger partial charge in [-0.15, -0.1) is 0 Å². The standard InChI is InChI=1S/C20H11ClN2O4/c21-18-11-13(4-6-22-18)19(24)15-8-14-5-7-27-20(14)17(10-15)12-2-1-3-16(9-12)23(25)26/h1-11H. The fraction of sp³-hybridized carbons (Fsp3) is 0. The van der Waals surface area contributed by atoms with Crippen LogP contribution in [-0.4, -0.2) is 15.7 Å². The third-order valence-corrected chi connectivity index (χ3v) is 4.38. The molecule has 0 saturated heterocycles. The summed E-state index contributed by atoms with van der Waals surface area (Å²) in [7, 11) is 0. The molecule has 2 heterocycles. The summed E-state index contributed by atoms with van der Waals surface area (Å²) in [6.07, 6.45) is 2.98. The second kappa shape index (κ2) is 6.66. The zero-order valence-electron chi connectivity index (χ0n) is 13.8. The van der Waals surface area contributed by atoms with E-state index in [0.29, 0.717) is 27.8 Å². The van der Waals surface area contributed by atoms with Gasteiger partial charge in [0.05, 0.1) is 11.2 Å². The Kier molecular flexibility index (Phi) is 4.18. The molecule has 27 heavy (non-hydrogen) atoms. The van der Waals surface area contributed by atoms with Crippen LogP contribution in [0, 0.1) is 10.1 Å². The van der Waals surface area contributed by atoms with Crippen molar-refractivity contribution in [2.45, 2.75) is 0 Å². The van der Waals surface area contributed by atoms with Crippen LogP contribution in [0.1, 0.15) is 15.9 Å². The Hall–Kier alpha value is -3.51. The van der Waals surface area contributed by atoms with Gasteiger partial charge in [0, 0.05) is 40.4 Å². The van der Waals surface area contributed by atoms with Crippen molar-refractivity contribution in [1.29, 1.82) is 0 Å². The number of hydrogen-bond donors (Lipinski definition) is 0. The highest BCUT2D eigenvalue weighted by molar-refractivity contribution is 6.30. The maximum Gasteiger partial charge on any atom is 0.270 e. The predicted octanol–water partition coefficient (Wildman–Crippen LogP) is 5.29. The molecule has 4 rings (SSSR count). The van der Waals surface area contributed by atoms with Gasteiger partial charge in [0.25, 0.3) is 5.69 Å². The van der Waals surface area contributed by atoms with Crippen LogP contribution in [-0.2, 0) is 0 Å². The molecule has 7 heteroatoms. The summed E-state index contributed by atoms with van der Waals surface area (Å²) in [5.74, 6) is -0.228. The molecule has 132 valence electrons. The molecule has 2 aromatic carbocycles. The minimum Gasteiger partial charge on any atom is -0.464 e. The Morgan fingerprint density at radius 2 is 1.93 bits per heavy atom. The summed E-state index contributed by atoms with van der Waals surface area (Å²) in [4.78, 5) is 27.4. The van der Waals surface area contributed by atoms with E-state index in [4.69, 9.17) is 16.0 Å². The Balaban J connectivity index is 1.89. The molecule has 0 unspecified atom stereocenters. The van der Waals surface area contributed by atoms with Gasteiger partial charge in [-0.1, -0.05) is 23.7 Å². The van der Waals surface area contributed by atoms with Gasteiger partial charge in [-0.2, -0.15) is 0 Å². The first-order valence-electron chi connectivity index (χ1n) is 7.95. The van der Waals surface area contributed by atoms with Crippen molar-refractivity contribution in [1.82, 2.24) is 4.98 Å². The van der Waals surface area contributed by atoms with Gasteiger partial charge < -0.3 is 4.42 Å². The van der Waals surface area contributed by atoms with Gasteiger partial charge in [-0.25, -0.2) is 4.98 Å². The van der Waals surface area contributed by atoms with Gasteiger partial charge >= 0.3 is 0 Å². The number of halogens is 1. The van der Waals surface area contributed by atoms with Crippen molar-refractivity contribution in [2.24, 2.45) is 0 Å². The number of aromatic nitrogens is 1. The minimum atomic E-state index is -0.462. The number of carbonyl (C=O) groups is 1. The van der Waals surface area contributed by atoms with E-state index in [9.17, 15) is 14.9 Å². The summed E-state index contributed by atoms with van der Waals surface area (Å²) in [5, 5.41) is 12.1. The van der Waals surface area contributed by atoms with E-state index in [-0.39, 0.29) is 16.6 Å². The number of carbonyl (C=O) groups excluding carboxylic acids is 1. The van der Waals surface area contributed by atoms with Gasteiger partial charge in [-0.3, -0.25) is 14.9 Å². The first-order valence-corrected chi connectivity index (χ1v) is 8.33. The van der Waals surface area contributed by atoms with Crippen LogP contribution in [0.3, 0.4) is 0 Å². The highest BCUT2D eigenvalue weighted by Gasteiger charge is 2.17. The maximum atomic E-state index is 12.9. The second-order valence-corrected chi connectivity index (χ2v) is 6.25. The maximum absolute atomic E-state index is 12.9. The first-order chi connectivity index (χ1) is 13.0. The molecule has 0 bridgehead atoms. The number of nitrogens with zero attached hydrogens (tertiary/aromatic N) is 2. The summed E-state index contributed by atoms with van der Waals surface area (Å²) in [5.41, 5.74) is 2.54.